The molecule has 124 valence electrons. The van der Waals surface area contributed by atoms with Gasteiger partial charge in [-0.25, -0.2) is 0 Å². The third-order valence-corrected chi connectivity index (χ3v) is 3.76. The zero-order valence-electron chi connectivity index (χ0n) is 14.2. The SMILES string of the molecule is CC(C)(C)c1ccc(OCC(=O)NN/C=C2\CC=CCC2)cc1. The van der Waals surface area contributed by atoms with Crippen LogP contribution in [0.25, 0.3) is 0 Å². The summed E-state index contributed by atoms with van der Waals surface area (Å²) in [6.45, 7) is 6.49. The molecule has 2 N–H and O–H groups in total. The fourth-order valence-electron chi connectivity index (χ4n) is 2.31. The van der Waals surface area contributed by atoms with Gasteiger partial charge in [0.2, 0.25) is 0 Å². The van der Waals surface area contributed by atoms with E-state index < -0.39 is 0 Å². The van der Waals surface area contributed by atoms with Crippen molar-refractivity contribution in [3.63, 3.8) is 0 Å². The number of carbonyl (C=O) groups is 1. The molecule has 1 aliphatic rings. The van der Waals surface area contributed by atoms with E-state index in [9.17, 15) is 4.79 Å². The van der Waals surface area contributed by atoms with Crippen molar-refractivity contribution < 1.29 is 9.53 Å². The van der Waals surface area contributed by atoms with Crippen LogP contribution in [0.2, 0.25) is 0 Å². The van der Waals surface area contributed by atoms with Gasteiger partial charge in [0.05, 0.1) is 0 Å². The highest BCUT2D eigenvalue weighted by Gasteiger charge is 2.13. The van der Waals surface area contributed by atoms with Crippen molar-refractivity contribution in [2.45, 2.75) is 45.4 Å². The minimum atomic E-state index is -0.201. The van der Waals surface area contributed by atoms with Crippen LogP contribution in [0, 0.1) is 0 Å². The van der Waals surface area contributed by atoms with Crippen LogP contribution in [-0.4, -0.2) is 12.5 Å². The predicted octanol–water partition coefficient (Wildman–Crippen LogP) is 3.61. The van der Waals surface area contributed by atoms with Crippen LogP contribution in [0.1, 0.15) is 45.6 Å². The molecule has 0 aliphatic heterocycles. The van der Waals surface area contributed by atoms with Crippen molar-refractivity contribution in [3.05, 3.63) is 53.8 Å². The number of ether oxygens (including phenoxy) is 1. The maximum Gasteiger partial charge on any atom is 0.276 e. The molecule has 0 saturated carbocycles. The number of amides is 1. The van der Waals surface area contributed by atoms with Gasteiger partial charge in [0.1, 0.15) is 5.75 Å². The van der Waals surface area contributed by atoms with Crippen LogP contribution in [0.4, 0.5) is 0 Å². The molecule has 0 unspecified atom stereocenters. The van der Waals surface area contributed by atoms with Crippen molar-refractivity contribution in [2.75, 3.05) is 6.61 Å². The number of nitrogens with one attached hydrogen (secondary N) is 2. The molecule has 0 atom stereocenters. The topological polar surface area (TPSA) is 50.4 Å². The average molecular weight is 314 g/mol. The monoisotopic (exact) mass is 314 g/mol. The summed E-state index contributed by atoms with van der Waals surface area (Å²) in [5, 5.41) is 0. The number of hydrogen-bond donors (Lipinski definition) is 2. The molecular formula is C19H26N2O2. The highest BCUT2D eigenvalue weighted by atomic mass is 16.5. The molecule has 0 heterocycles. The summed E-state index contributed by atoms with van der Waals surface area (Å²) >= 11 is 0. The van der Waals surface area contributed by atoms with Crippen LogP contribution < -0.4 is 15.6 Å². The second-order valence-corrected chi connectivity index (χ2v) is 6.77. The zero-order valence-corrected chi connectivity index (χ0v) is 14.2. The fourth-order valence-corrected chi connectivity index (χ4v) is 2.31. The van der Waals surface area contributed by atoms with Gasteiger partial charge in [0, 0.05) is 6.20 Å². The Balaban J connectivity index is 1.73. The highest BCUT2D eigenvalue weighted by molar-refractivity contribution is 5.77. The summed E-state index contributed by atoms with van der Waals surface area (Å²) in [6, 6.07) is 7.87. The molecule has 1 amide bonds. The van der Waals surface area contributed by atoms with Crippen LogP contribution in [-0.2, 0) is 10.2 Å². The summed E-state index contributed by atoms with van der Waals surface area (Å²) in [5.74, 6) is 0.497. The molecule has 1 aliphatic carbocycles. The van der Waals surface area contributed by atoms with Gasteiger partial charge >= 0.3 is 0 Å². The van der Waals surface area contributed by atoms with E-state index in [1.165, 1.54) is 11.1 Å². The van der Waals surface area contributed by atoms with E-state index in [0.29, 0.717) is 5.75 Å². The van der Waals surface area contributed by atoms with Gasteiger partial charge in [0.25, 0.3) is 5.91 Å². The molecule has 0 aromatic heterocycles. The zero-order chi connectivity index (χ0) is 16.7. The van der Waals surface area contributed by atoms with Crippen molar-refractivity contribution in [1.29, 1.82) is 0 Å². The second-order valence-electron chi connectivity index (χ2n) is 6.77. The highest BCUT2D eigenvalue weighted by Crippen LogP contribution is 2.24. The molecule has 1 aromatic rings. The second kappa shape index (κ2) is 7.86. The van der Waals surface area contributed by atoms with Crippen molar-refractivity contribution in [1.82, 2.24) is 10.9 Å². The summed E-state index contributed by atoms with van der Waals surface area (Å²) in [4.78, 5) is 11.7. The first kappa shape index (κ1) is 17.1. The molecular weight excluding hydrogens is 288 g/mol. The number of allylic oxidation sites excluding steroid dienone is 3. The van der Waals surface area contributed by atoms with Crippen LogP contribution in [0.15, 0.2) is 48.2 Å². The van der Waals surface area contributed by atoms with Crippen LogP contribution in [0.5, 0.6) is 5.75 Å². The molecule has 0 fully saturated rings. The lowest BCUT2D eigenvalue weighted by Gasteiger charge is -2.19. The smallest absolute Gasteiger partial charge is 0.276 e. The molecule has 0 spiro atoms. The number of hydrazine groups is 1. The molecule has 4 nitrogen and oxygen atoms in total. The first-order valence-electron chi connectivity index (χ1n) is 8.06. The van der Waals surface area contributed by atoms with Crippen molar-refractivity contribution >= 4 is 5.91 Å². The molecule has 0 saturated heterocycles. The molecule has 23 heavy (non-hydrogen) atoms. The van der Waals surface area contributed by atoms with Crippen LogP contribution in [0.3, 0.4) is 0 Å². The minimum Gasteiger partial charge on any atom is -0.484 e. The van der Waals surface area contributed by atoms with Gasteiger partial charge in [-0.1, -0.05) is 45.1 Å². The van der Waals surface area contributed by atoms with Gasteiger partial charge in [-0.15, -0.1) is 0 Å². The van der Waals surface area contributed by atoms with E-state index in [1.807, 2.05) is 30.5 Å². The van der Waals surface area contributed by atoms with Crippen LogP contribution >= 0.6 is 0 Å². The minimum absolute atomic E-state index is 0.00899. The maximum atomic E-state index is 11.7. The Hall–Kier alpha value is -2.23. The Bertz CT molecular complexity index is 580. The average Bonchev–Trinajstić information content (AvgIpc) is 2.53. The van der Waals surface area contributed by atoms with E-state index in [1.54, 1.807) is 0 Å². The Kier molecular flexibility index (Phi) is 5.85. The summed E-state index contributed by atoms with van der Waals surface area (Å²) in [6.07, 6.45) is 9.22. The number of carbonyl (C=O) groups excluding carboxylic acids is 1. The molecule has 0 radical (unpaired) electrons. The van der Waals surface area contributed by atoms with Crippen molar-refractivity contribution in [2.24, 2.45) is 0 Å². The first-order chi connectivity index (χ1) is 10.9. The third-order valence-electron chi connectivity index (χ3n) is 3.76. The molecule has 1 aromatic carbocycles. The van der Waals surface area contributed by atoms with E-state index in [2.05, 4.69) is 43.8 Å². The molecule has 2 rings (SSSR count). The van der Waals surface area contributed by atoms with E-state index in [-0.39, 0.29) is 17.9 Å². The quantitative estimate of drug-likeness (QED) is 0.645. The van der Waals surface area contributed by atoms with E-state index in [0.717, 1.165) is 19.3 Å². The maximum absolute atomic E-state index is 11.7. The summed E-state index contributed by atoms with van der Waals surface area (Å²) in [7, 11) is 0. The molecule has 4 heteroatoms. The first-order valence-corrected chi connectivity index (χ1v) is 8.06. The van der Waals surface area contributed by atoms with E-state index >= 15 is 0 Å². The number of rotatable bonds is 5. The molecule has 0 bridgehead atoms. The largest absolute Gasteiger partial charge is 0.484 e. The van der Waals surface area contributed by atoms with Crippen molar-refractivity contribution in [3.8, 4) is 5.75 Å². The normalized spacial score (nSPS) is 16.2. The lowest BCUT2D eigenvalue weighted by molar-refractivity contribution is -0.123. The predicted molar refractivity (Wildman–Crippen MR) is 93.0 cm³/mol. The fraction of sp³-hybridized carbons (Fsp3) is 0.421. The van der Waals surface area contributed by atoms with Gasteiger partial charge in [0.15, 0.2) is 6.61 Å². The third kappa shape index (κ3) is 5.81. The Morgan fingerprint density at radius 2 is 1.96 bits per heavy atom. The van der Waals surface area contributed by atoms with Gasteiger partial charge < -0.3 is 10.2 Å². The lowest BCUT2D eigenvalue weighted by atomic mass is 9.87. The standard InChI is InChI=1S/C19H26N2O2/c1-19(2,3)16-9-11-17(12-10-16)23-14-18(22)21-20-13-15-7-5-4-6-8-15/h4-5,9-13,20H,6-8,14H2,1-3H3,(H,21,22)/b15-13+. The van der Waals surface area contributed by atoms with E-state index in [4.69, 9.17) is 4.74 Å². The summed E-state index contributed by atoms with van der Waals surface area (Å²) in [5.41, 5.74) is 8.10. The van der Waals surface area contributed by atoms with Gasteiger partial charge in [-0.3, -0.25) is 10.2 Å². The number of benzene rings is 1. The summed E-state index contributed by atoms with van der Waals surface area (Å²) < 4.78 is 5.49. The Labute approximate surface area is 138 Å². The Morgan fingerprint density at radius 1 is 1.22 bits per heavy atom. The lowest BCUT2D eigenvalue weighted by Crippen LogP contribution is -2.37. The van der Waals surface area contributed by atoms with Gasteiger partial charge in [-0.05, 0) is 47.9 Å². The Morgan fingerprint density at radius 3 is 2.57 bits per heavy atom. The van der Waals surface area contributed by atoms with Gasteiger partial charge in [-0.2, -0.15) is 0 Å². The number of hydrogen-bond acceptors (Lipinski definition) is 3.